The van der Waals surface area contributed by atoms with E-state index in [0.29, 0.717) is 15.9 Å². The molecule has 1 aromatic rings. The molecule has 5 heteroatoms. The molecule has 0 spiro atoms. The van der Waals surface area contributed by atoms with Crippen molar-refractivity contribution in [1.82, 2.24) is 0 Å². The molecule has 0 saturated heterocycles. The number of halogens is 1. The molecule has 0 aromatic heterocycles. The van der Waals surface area contributed by atoms with Gasteiger partial charge in [0.25, 0.3) is 0 Å². The molecule has 0 aliphatic heterocycles. The highest BCUT2D eigenvalue weighted by molar-refractivity contribution is 9.10. The van der Waals surface area contributed by atoms with Crippen molar-refractivity contribution in [3.8, 4) is 0 Å². The van der Waals surface area contributed by atoms with E-state index in [1.807, 2.05) is 6.07 Å². The Bertz CT molecular complexity index is 515. The summed E-state index contributed by atoms with van der Waals surface area (Å²) in [4.78, 5) is 0.398. The third-order valence-corrected chi connectivity index (χ3v) is 7.02. The van der Waals surface area contributed by atoms with Crippen molar-refractivity contribution in [2.24, 2.45) is 11.7 Å². The number of benzene rings is 1. The van der Waals surface area contributed by atoms with Crippen molar-refractivity contribution in [2.45, 2.75) is 35.8 Å². The van der Waals surface area contributed by atoms with Crippen molar-refractivity contribution < 1.29 is 8.42 Å². The molecule has 100 valence electrons. The molecule has 2 rings (SSSR count). The monoisotopic (exact) mass is 331 g/mol. The zero-order valence-electron chi connectivity index (χ0n) is 10.2. The molecule has 1 saturated carbocycles. The number of sulfone groups is 1. The molecule has 3 nitrogen and oxygen atoms in total. The second-order valence-electron chi connectivity index (χ2n) is 4.79. The zero-order chi connectivity index (χ0) is 13.2. The van der Waals surface area contributed by atoms with Gasteiger partial charge in [0.15, 0.2) is 9.84 Å². The van der Waals surface area contributed by atoms with Gasteiger partial charge in [-0.1, -0.05) is 25.0 Å². The lowest BCUT2D eigenvalue weighted by Gasteiger charge is -2.30. The summed E-state index contributed by atoms with van der Waals surface area (Å²) < 4.78 is 26.0. The lowest BCUT2D eigenvalue weighted by Crippen LogP contribution is -2.37. The Labute approximate surface area is 117 Å². The summed E-state index contributed by atoms with van der Waals surface area (Å²) in [5.74, 6) is 0.0934. The molecule has 0 amide bonds. The Morgan fingerprint density at radius 3 is 2.56 bits per heavy atom. The summed E-state index contributed by atoms with van der Waals surface area (Å²) in [6.45, 7) is 0.453. The molecule has 2 N–H and O–H groups in total. The van der Waals surface area contributed by atoms with Crippen LogP contribution in [0.5, 0.6) is 0 Å². The van der Waals surface area contributed by atoms with E-state index in [4.69, 9.17) is 5.73 Å². The van der Waals surface area contributed by atoms with Gasteiger partial charge in [-0.15, -0.1) is 0 Å². The fourth-order valence-electron chi connectivity index (χ4n) is 2.69. The largest absolute Gasteiger partial charge is 0.330 e. The average Bonchev–Trinajstić information content (AvgIpc) is 2.39. The van der Waals surface area contributed by atoms with Gasteiger partial charge in [-0.05, 0) is 53.4 Å². The first-order valence-electron chi connectivity index (χ1n) is 6.26. The third kappa shape index (κ3) is 2.63. The van der Waals surface area contributed by atoms with E-state index in [2.05, 4.69) is 15.9 Å². The molecular formula is C13H18BrNO2S. The molecule has 0 radical (unpaired) electrons. The molecular weight excluding hydrogens is 314 g/mol. The molecule has 0 heterocycles. The summed E-state index contributed by atoms with van der Waals surface area (Å²) >= 11 is 3.33. The number of hydrogen-bond acceptors (Lipinski definition) is 3. The van der Waals surface area contributed by atoms with Crippen molar-refractivity contribution >= 4 is 25.8 Å². The average molecular weight is 332 g/mol. The van der Waals surface area contributed by atoms with Gasteiger partial charge in [0, 0.05) is 4.47 Å². The van der Waals surface area contributed by atoms with Crippen molar-refractivity contribution in [3.05, 3.63) is 28.7 Å². The lowest BCUT2D eigenvalue weighted by atomic mass is 9.89. The first kappa shape index (κ1) is 14.0. The highest BCUT2D eigenvalue weighted by atomic mass is 79.9. The van der Waals surface area contributed by atoms with Gasteiger partial charge in [-0.3, -0.25) is 0 Å². The fourth-order valence-corrected chi connectivity index (χ4v) is 5.82. The second-order valence-corrected chi connectivity index (χ2v) is 7.78. The summed E-state index contributed by atoms with van der Waals surface area (Å²) in [6.07, 6.45) is 3.71. The van der Waals surface area contributed by atoms with Gasteiger partial charge in [0.05, 0.1) is 10.1 Å². The predicted molar refractivity (Wildman–Crippen MR) is 76.1 cm³/mol. The van der Waals surface area contributed by atoms with Gasteiger partial charge in [-0.25, -0.2) is 8.42 Å². The Hall–Kier alpha value is -0.390. The number of rotatable bonds is 3. The van der Waals surface area contributed by atoms with Crippen LogP contribution in [0.25, 0.3) is 0 Å². The van der Waals surface area contributed by atoms with Crippen LogP contribution in [0.1, 0.15) is 25.7 Å². The van der Waals surface area contributed by atoms with Gasteiger partial charge in [-0.2, -0.15) is 0 Å². The van der Waals surface area contributed by atoms with Gasteiger partial charge in [0.1, 0.15) is 0 Å². The Balaban J connectivity index is 2.39. The minimum absolute atomic E-state index is 0.0934. The normalized spacial score (nSPS) is 25.0. The molecule has 1 aromatic carbocycles. The maximum absolute atomic E-state index is 12.7. The molecule has 0 bridgehead atoms. The Morgan fingerprint density at radius 2 is 1.89 bits per heavy atom. The predicted octanol–water partition coefficient (Wildman–Crippen LogP) is 2.74. The maximum Gasteiger partial charge on any atom is 0.182 e. The summed E-state index contributed by atoms with van der Waals surface area (Å²) in [5, 5.41) is -0.324. The summed E-state index contributed by atoms with van der Waals surface area (Å²) in [7, 11) is -3.28. The molecule has 1 aliphatic rings. The number of nitrogens with two attached hydrogens (primary N) is 1. The van der Waals surface area contributed by atoms with Crippen LogP contribution in [-0.2, 0) is 9.84 Å². The van der Waals surface area contributed by atoms with Crippen molar-refractivity contribution in [3.63, 3.8) is 0 Å². The van der Waals surface area contributed by atoms with E-state index in [9.17, 15) is 8.42 Å². The van der Waals surface area contributed by atoms with Crippen LogP contribution in [0.15, 0.2) is 33.6 Å². The van der Waals surface area contributed by atoms with Gasteiger partial charge < -0.3 is 5.73 Å². The van der Waals surface area contributed by atoms with Crippen LogP contribution in [0, 0.1) is 5.92 Å². The van der Waals surface area contributed by atoms with Crippen LogP contribution in [-0.4, -0.2) is 20.2 Å². The fraction of sp³-hybridized carbons (Fsp3) is 0.538. The smallest absolute Gasteiger partial charge is 0.182 e. The topological polar surface area (TPSA) is 60.2 Å². The van der Waals surface area contributed by atoms with Crippen LogP contribution in [0.4, 0.5) is 0 Å². The summed E-state index contributed by atoms with van der Waals surface area (Å²) in [5.41, 5.74) is 5.73. The van der Waals surface area contributed by atoms with Crippen LogP contribution in [0.2, 0.25) is 0 Å². The zero-order valence-corrected chi connectivity index (χ0v) is 12.6. The first-order valence-corrected chi connectivity index (χ1v) is 8.60. The Morgan fingerprint density at radius 1 is 1.22 bits per heavy atom. The van der Waals surface area contributed by atoms with E-state index in [0.717, 1.165) is 25.7 Å². The standard InChI is InChI=1S/C13H18BrNO2S/c14-11-6-2-4-8-13(11)18(16,17)12-7-3-1-5-10(12)9-15/h2,4,6,8,10,12H,1,3,5,7,9,15H2. The molecule has 18 heavy (non-hydrogen) atoms. The second kappa shape index (κ2) is 5.72. The minimum atomic E-state index is -3.28. The van der Waals surface area contributed by atoms with Crippen molar-refractivity contribution in [2.75, 3.05) is 6.54 Å². The SMILES string of the molecule is NCC1CCCCC1S(=O)(=O)c1ccccc1Br. The highest BCUT2D eigenvalue weighted by Crippen LogP contribution is 2.35. The quantitative estimate of drug-likeness (QED) is 0.926. The van der Waals surface area contributed by atoms with E-state index in [1.54, 1.807) is 18.2 Å². The highest BCUT2D eigenvalue weighted by Gasteiger charge is 2.36. The molecule has 1 aliphatic carbocycles. The van der Waals surface area contributed by atoms with E-state index in [1.165, 1.54) is 0 Å². The summed E-state index contributed by atoms with van der Waals surface area (Å²) in [6, 6.07) is 7.02. The lowest BCUT2D eigenvalue weighted by molar-refractivity contribution is 0.363. The van der Waals surface area contributed by atoms with Crippen LogP contribution >= 0.6 is 15.9 Å². The molecule has 1 fully saturated rings. The third-order valence-electron chi connectivity index (χ3n) is 3.68. The van der Waals surface area contributed by atoms with E-state index in [-0.39, 0.29) is 11.2 Å². The first-order chi connectivity index (χ1) is 8.57. The van der Waals surface area contributed by atoms with Crippen LogP contribution < -0.4 is 5.73 Å². The maximum atomic E-state index is 12.7. The van der Waals surface area contributed by atoms with Crippen molar-refractivity contribution in [1.29, 1.82) is 0 Å². The van der Waals surface area contributed by atoms with Gasteiger partial charge in [0.2, 0.25) is 0 Å². The minimum Gasteiger partial charge on any atom is -0.330 e. The van der Waals surface area contributed by atoms with Crippen LogP contribution in [0.3, 0.4) is 0 Å². The number of hydrogen-bond donors (Lipinski definition) is 1. The molecule has 2 atom stereocenters. The Kier molecular flexibility index (Phi) is 4.45. The van der Waals surface area contributed by atoms with Gasteiger partial charge >= 0.3 is 0 Å². The van der Waals surface area contributed by atoms with E-state index < -0.39 is 9.84 Å². The molecule has 2 unspecified atom stereocenters. The van der Waals surface area contributed by atoms with E-state index >= 15 is 0 Å².